The lowest BCUT2D eigenvalue weighted by molar-refractivity contribution is -0.152. The van der Waals surface area contributed by atoms with Crippen LogP contribution >= 0.6 is 0 Å². The Morgan fingerprint density at radius 3 is 2.61 bits per heavy atom. The van der Waals surface area contributed by atoms with Gasteiger partial charge in [-0.05, 0) is 30.0 Å². The zero-order valence-electron chi connectivity index (χ0n) is 13.5. The molecule has 2 aliphatic rings. The van der Waals surface area contributed by atoms with Gasteiger partial charge in [0.15, 0.2) is 0 Å². The Morgan fingerprint density at radius 1 is 1.17 bits per heavy atom. The maximum absolute atomic E-state index is 12.7. The molecule has 2 heterocycles. The van der Waals surface area contributed by atoms with Gasteiger partial charge < -0.3 is 5.32 Å². The van der Waals surface area contributed by atoms with E-state index in [4.69, 9.17) is 0 Å². The zero-order chi connectivity index (χ0) is 16.4. The summed E-state index contributed by atoms with van der Waals surface area (Å²) in [4.78, 5) is 3.94. The number of hydrogen-bond acceptors (Lipinski definition) is 3. The van der Waals surface area contributed by atoms with Crippen LogP contribution < -0.4 is 5.32 Å². The van der Waals surface area contributed by atoms with Crippen LogP contribution in [0.4, 0.5) is 13.2 Å². The van der Waals surface area contributed by atoms with Crippen LogP contribution in [0.3, 0.4) is 0 Å². The molecule has 6 heteroatoms. The average molecular weight is 327 g/mol. The van der Waals surface area contributed by atoms with Crippen LogP contribution in [0.5, 0.6) is 0 Å². The minimum absolute atomic E-state index is 0.0708. The highest BCUT2D eigenvalue weighted by Crippen LogP contribution is 2.28. The Bertz CT molecular complexity index is 538. The van der Waals surface area contributed by atoms with Crippen molar-refractivity contribution in [2.75, 3.05) is 32.7 Å². The van der Waals surface area contributed by atoms with E-state index in [0.717, 1.165) is 38.3 Å². The molecular formula is C17H24F3N3. The minimum Gasteiger partial charge on any atom is -0.314 e. The Morgan fingerprint density at radius 2 is 1.91 bits per heavy atom. The highest BCUT2D eigenvalue weighted by Gasteiger charge is 2.34. The fraction of sp³-hybridized carbons (Fsp3) is 0.647. The van der Waals surface area contributed by atoms with Crippen molar-refractivity contribution in [1.82, 2.24) is 15.1 Å². The molecule has 0 radical (unpaired) electrons. The van der Waals surface area contributed by atoms with E-state index < -0.39 is 12.7 Å². The highest BCUT2D eigenvalue weighted by molar-refractivity contribution is 5.34. The first-order valence-corrected chi connectivity index (χ1v) is 8.25. The summed E-state index contributed by atoms with van der Waals surface area (Å²) in [5.41, 5.74) is 3.52. The standard InChI is InChI=1S/C17H24F3N3/c1-13-8-16-9-14(10-22-6-4-21-5-7-22)2-3-15(16)11-23(13)12-17(18,19)20/h2-3,9,13,21H,4-8,10-12H2,1H3. The molecular weight excluding hydrogens is 303 g/mol. The van der Waals surface area contributed by atoms with Gasteiger partial charge in [-0.25, -0.2) is 0 Å². The summed E-state index contributed by atoms with van der Waals surface area (Å²) >= 11 is 0. The number of piperazine rings is 1. The predicted molar refractivity (Wildman–Crippen MR) is 84.2 cm³/mol. The fourth-order valence-corrected chi connectivity index (χ4v) is 3.51. The van der Waals surface area contributed by atoms with Crippen LogP contribution in [-0.2, 0) is 19.5 Å². The number of nitrogens with one attached hydrogen (secondary N) is 1. The smallest absolute Gasteiger partial charge is 0.314 e. The van der Waals surface area contributed by atoms with Crippen LogP contribution in [0.15, 0.2) is 18.2 Å². The molecule has 23 heavy (non-hydrogen) atoms. The molecule has 1 aromatic rings. The van der Waals surface area contributed by atoms with Gasteiger partial charge in [0.25, 0.3) is 0 Å². The van der Waals surface area contributed by atoms with Gasteiger partial charge in [-0.15, -0.1) is 0 Å². The van der Waals surface area contributed by atoms with Crippen LogP contribution in [0.25, 0.3) is 0 Å². The molecule has 1 unspecified atom stereocenters. The van der Waals surface area contributed by atoms with E-state index in [1.165, 1.54) is 16.0 Å². The van der Waals surface area contributed by atoms with Gasteiger partial charge >= 0.3 is 6.18 Å². The first-order chi connectivity index (χ1) is 10.9. The molecule has 1 aromatic carbocycles. The van der Waals surface area contributed by atoms with Crippen molar-refractivity contribution in [3.63, 3.8) is 0 Å². The third-order valence-electron chi connectivity index (χ3n) is 4.78. The van der Waals surface area contributed by atoms with Crippen LogP contribution in [0.2, 0.25) is 0 Å². The molecule has 1 N–H and O–H groups in total. The third kappa shape index (κ3) is 4.46. The molecule has 1 atom stereocenters. The van der Waals surface area contributed by atoms with Crippen molar-refractivity contribution in [2.24, 2.45) is 0 Å². The molecule has 0 spiro atoms. The summed E-state index contributed by atoms with van der Waals surface area (Å²) in [7, 11) is 0. The maximum atomic E-state index is 12.7. The van der Waals surface area contributed by atoms with E-state index in [9.17, 15) is 13.2 Å². The number of halogens is 3. The average Bonchev–Trinajstić information content (AvgIpc) is 2.48. The molecule has 0 aliphatic carbocycles. The van der Waals surface area contributed by atoms with Crippen LogP contribution in [0, 0.1) is 0 Å². The van der Waals surface area contributed by atoms with Crippen LogP contribution in [-0.4, -0.2) is 54.7 Å². The molecule has 2 aliphatic heterocycles. The van der Waals surface area contributed by atoms with Gasteiger partial charge in [-0.1, -0.05) is 18.2 Å². The number of benzene rings is 1. The van der Waals surface area contributed by atoms with Crippen molar-refractivity contribution in [3.8, 4) is 0 Å². The number of nitrogens with zero attached hydrogens (tertiary/aromatic N) is 2. The summed E-state index contributed by atoms with van der Waals surface area (Å²) in [6.07, 6.45) is -3.44. The van der Waals surface area contributed by atoms with Gasteiger partial charge in [-0.3, -0.25) is 9.80 Å². The van der Waals surface area contributed by atoms with E-state index in [1.807, 2.05) is 13.0 Å². The summed E-state index contributed by atoms with van der Waals surface area (Å²) in [6.45, 7) is 6.52. The highest BCUT2D eigenvalue weighted by atomic mass is 19.4. The first kappa shape index (κ1) is 16.7. The summed E-state index contributed by atoms with van der Waals surface area (Å²) in [5, 5.41) is 3.34. The van der Waals surface area contributed by atoms with Crippen molar-refractivity contribution in [3.05, 3.63) is 34.9 Å². The number of fused-ring (bicyclic) bond motifs is 1. The SMILES string of the molecule is CC1Cc2cc(CN3CCNCC3)ccc2CN1CC(F)(F)F. The molecule has 0 amide bonds. The maximum Gasteiger partial charge on any atom is 0.401 e. The lowest BCUT2D eigenvalue weighted by Crippen LogP contribution is -2.44. The van der Waals surface area contributed by atoms with Crippen molar-refractivity contribution in [2.45, 2.75) is 38.7 Å². The second-order valence-corrected chi connectivity index (χ2v) is 6.70. The topological polar surface area (TPSA) is 18.5 Å². The Kier molecular flexibility index (Phi) is 4.94. The van der Waals surface area contributed by atoms with Crippen molar-refractivity contribution in [1.29, 1.82) is 0 Å². The molecule has 0 aromatic heterocycles. The molecule has 1 fully saturated rings. The minimum atomic E-state index is -4.13. The lowest BCUT2D eigenvalue weighted by atomic mass is 9.93. The predicted octanol–water partition coefficient (Wildman–Crippen LogP) is 2.40. The van der Waals surface area contributed by atoms with Gasteiger partial charge in [0.1, 0.15) is 0 Å². The van der Waals surface area contributed by atoms with Crippen molar-refractivity contribution >= 4 is 0 Å². The van der Waals surface area contributed by atoms with E-state index in [-0.39, 0.29) is 6.04 Å². The molecule has 128 valence electrons. The molecule has 1 saturated heterocycles. The van der Waals surface area contributed by atoms with Crippen molar-refractivity contribution < 1.29 is 13.2 Å². The third-order valence-corrected chi connectivity index (χ3v) is 4.78. The Labute approximate surface area is 135 Å². The number of hydrogen-bond donors (Lipinski definition) is 1. The largest absolute Gasteiger partial charge is 0.401 e. The van der Waals surface area contributed by atoms with E-state index in [1.54, 1.807) is 0 Å². The molecule has 3 rings (SSSR count). The zero-order valence-corrected chi connectivity index (χ0v) is 13.5. The van der Waals surface area contributed by atoms with E-state index >= 15 is 0 Å². The second-order valence-electron chi connectivity index (χ2n) is 6.70. The monoisotopic (exact) mass is 327 g/mol. The lowest BCUT2D eigenvalue weighted by Gasteiger charge is -2.35. The second kappa shape index (κ2) is 6.79. The Balaban J connectivity index is 1.68. The molecule has 3 nitrogen and oxygen atoms in total. The number of rotatable bonds is 3. The normalized spacial score (nSPS) is 23.7. The van der Waals surface area contributed by atoms with Gasteiger partial charge in [-0.2, -0.15) is 13.2 Å². The van der Waals surface area contributed by atoms with E-state index in [2.05, 4.69) is 22.3 Å². The van der Waals surface area contributed by atoms with Crippen LogP contribution in [0.1, 0.15) is 23.6 Å². The van der Waals surface area contributed by atoms with E-state index in [0.29, 0.717) is 13.0 Å². The van der Waals surface area contributed by atoms with Gasteiger partial charge in [0, 0.05) is 45.3 Å². The van der Waals surface area contributed by atoms with Gasteiger partial charge in [0.2, 0.25) is 0 Å². The quantitative estimate of drug-likeness (QED) is 0.920. The van der Waals surface area contributed by atoms with Gasteiger partial charge in [0.05, 0.1) is 6.54 Å². The number of alkyl halides is 3. The first-order valence-electron chi connectivity index (χ1n) is 8.25. The summed E-state index contributed by atoms with van der Waals surface area (Å²) < 4.78 is 38.0. The fourth-order valence-electron chi connectivity index (χ4n) is 3.51. The Hall–Kier alpha value is -1.11. The summed E-state index contributed by atoms with van der Waals surface area (Å²) in [6, 6.07) is 6.21. The molecule has 0 bridgehead atoms. The summed E-state index contributed by atoms with van der Waals surface area (Å²) in [5.74, 6) is 0. The molecule has 0 saturated carbocycles.